The Kier molecular flexibility index (Phi) is 3.06. The van der Waals surface area contributed by atoms with Crippen LogP contribution in [0.4, 0.5) is 10.1 Å². The van der Waals surface area contributed by atoms with Gasteiger partial charge in [-0.25, -0.2) is 14.4 Å². The van der Waals surface area contributed by atoms with Gasteiger partial charge in [0.1, 0.15) is 11.5 Å². The first-order chi connectivity index (χ1) is 10.0. The predicted octanol–water partition coefficient (Wildman–Crippen LogP) is 3.65. The molecule has 0 N–H and O–H groups in total. The molecule has 0 aliphatic heterocycles. The van der Waals surface area contributed by atoms with Crippen molar-refractivity contribution in [1.82, 2.24) is 9.97 Å². The van der Waals surface area contributed by atoms with Crippen LogP contribution >= 0.6 is 0 Å². The van der Waals surface area contributed by atoms with Crippen LogP contribution in [0.5, 0.6) is 0 Å². The topological polar surface area (TPSA) is 68.9 Å². The summed E-state index contributed by atoms with van der Waals surface area (Å²) in [4.78, 5) is 18.9. The van der Waals surface area contributed by atoms with E-state index in [2.05, 4.69) is 9.97 Å². The fourth-order valence-electron chi connectivity index (χ4n) is 2.13. The van der Waals surface area contributed by atoms with Crippen molar-refractivity contribution < 1.29 is 9.31 Å². The van der Waals surface area contributed by atoms with E-state index in [9.17, 15) is 14.5 Å². The number of hydrogen-bond donors (Lipinski definition) is 0. The Morgan fingerprint density at radius 3 is 2.48 bits per heavy atom. The first kappa shape index (κ1) is 13.1. The quantitative estimate of drug-likeness (QED) is 0.531. The molecular weight excluding hydrogens is 273 g/mol. The SMILES string of the molecule is Cc1nc(-c2ccc3cc(F)ccc3n2)ccc1[N+](=O)[O-]. The van der Waals surface area contributed by atoms with Gasteiger partial charge in [0.2, 0.25) is 0 Å². The van der Waals surface area contributed by atoms with Gasteiger partial charge >= 0.3 is 0 Å². The number of hydrogen-bond acceptors (Lipinski definition) is 4. The number of halogens is 1. The van der Waals surface area contributed by atoms with Crippen LogP contribution in [0.3, 0.4) is 0 Å². The maximum atomic E-state index is 13.1. The van der Waals surface area contributed by atoms with Crippen molar-refractivity contribution in [2.24, 2.45) is 0 Å². The number of fused-ring (bicyclic) bond motifs is 1. The molecule has 2 heterocycles. The van der Waals surface area contributed by atoms with Crippen molar-refractivity contribution in [1.29, 1.82) is 0 Å². The number of nitrogens with zero attached hydrogens (tertiary/aromatic N) is 3. The summed E-state index contributed by atoms with van der Waals surface area (Å²) in [5.41, 5.74) is 2.09. The van der Waals surface area contributed by atoms with Crippen molar-refractivity contribution in [2.45, 2.75) is 6.92 Å². The van der Waals surface area contributed by atoms with E-state index in [1.165, 1.54) is 18.2 Å². The minimum absolute atomic E-state index is 0.0263. The summed E-state index contributed by atoms with van der Waals surface area (Å²) in [6.07, 6.45) is 0. The number of benzene rings is 1. The zero-order valence-electron chi connectivity index (χ0n) is 11.1. The largest absolute Gasteiger partial charge is 0.290 e. The molecule has 0 atom stereocenters. The maximum absolute atomic E-state index is 13.1. The van der Waals surface area contributed by atoms with E-state index in [1.54, 1.807) is 31.2 Å². The number of pyridine rings is 2. The van der Waals surface area contributed by atoms with Gasteiger partial charge < -0.3 is 0 Å². The molecule has 6 heteroatoms. The molecule has 3 aromatic rings. The van der Waals surface area contributed by atoms with E-state index in [-0.39, 0.29) is 11.5 Å². The van der Waals surface area contributed by atoms with Gasteiger partial charge in [-0.05, 0) is 37.3 Å². The summed E-state index contributed by atoms with van der Waals surface area (Å²) >= 11 is 0. The minimum Gasteiger partial charge on any atom is -0.258 e. The zero-order chi connectivity index (χ0) is 15.0. The second kappa shape index (κ2) is 4.90. The first-order valence-corrected chi connectivity index (χ1v) is 6.23. The van der Waals surface area contributed by atoms with Crippen LogP contribution in [0.25, 0.3) is 22.3 Å². The van der Waals surface area contributed by atoms with Gasteiger partial charge in [-0.3, -0.25) is 10.1 Å². The highest BCUT2D eigenvalue weighted by Gasteiger charge is 2.13. The molecule has 5 nitrogen and oxygen atoms in total. The van der Waals surface area contributed by atoms with Crippen molar-refractivity contribution in [3.05, 3.63) is 64.1 Å². The Bertz CT molecular complexity index is 865. The van der Waals surface area contributed by atoms with Gasteiger partial charge in [0.25, 0.3) is 5.69 Å². The average Bonchev–Trinajstić information content (AvgIpc) is 2.46. The van der Waals surface area contributed by atoms with Crippen LogP contribution in [-0.4, -0.2) is 14.9 Å². The molecular formula is C15H10FN3O2. The normalized spacial score (nSPS) is 10.8. The fraction of sp³-hybridized carbons (Fsp3) is 0.0667. The van der Waals surface area contributed by atoms with Gasteiger partial charge in [-0.1, -0.05) is 6.07 Å². The molecule has 0 saturated heterocycles. The summed E-state index contributed by atoms with van der Waals surface area (Å²) in [7, 11) is 0. The van der Waals surface area contributed by atoms with Gasteiger partial charge in [-0.2, -0.15) is 0 Å². The summed E-state index contributed by atoms with van der Waals surface area (Å²) in [6, 6.07) is 10.8. The van der Waals surface area contributed by atoms with Crippen LogP contribution in [0.15, 0.2) is 42.5 Å². The van der Waals surface area contributed by atoms with Crippen molar-refractivity contribution >= 4 is 16.6 Å². The number of rotatable bonds is 2. The molecule has 0 aliphatic carbocycles. The molecule has 21 heavy (non-hydrogen) atoms. The van der Waals surface area contributed by atoms with E-state index in [0.717, 1.165) is 0 Å². The predicted molar refractivity (Wildman–Crippen MR) is 76.3 cm³/mol. The third-order valence-corrected chi connectivity index (χ3v) is 3.17. The van der Waals surface area contributed by atoms with Gasteiger partial charge in [0.15, 0.2) is 0 Å². The lowest BCUT2D eigenvalue weighted by Gasteiger charge is -2.04. The Hall–Kier alpha value is -2.89. The third kappa shape index (κ3) is 2.43. The van der Waals surface area contributed by atoms with E-state index in [4.69, 9.17) is 0 Å². The second-order valence-corrected chi connectivity index (χ2v) is 4.59. The second-order valence-electron chi connectivity index (χ2n) is 4.59. The fourth-order valence-corrected chi connectivity index (χ4v) is 2.13. The highest BCUT2D eigenvalue weighted by atomic mass is 19.1. The van der Waals surface area contributed by atoms with Crippen LogP contribution in [-0.2, 0) is 0 Å². The van der Waals surface area contributed by atoms with Crippen molar-refractivity contribution in [3.8, 4) is 11.4 Å². The Labute approximate surface area is 119 Å². The summed E-state index contributed by atoms with van der Waals surface area (Å²) in [5, 5.41) is 11.5. The Morgan fingerprint density at radius 2 is 1.76 bits per heavy atom. The summed E-state index contributed by atoms with van der Waals surface area (Å²) < 4.78 is 13.1. The minimum atomic E-state index is -0.470. The molecule has 1 aromatic carbocycles. The molecule has 0 fully saturated rings. The van der Waals surface area contributed by atoms with Crippen LogP contribution < -0.4 is 0 Å². The summed E-state index contributed by atoms with van der Waals surface area (Å²) in [6.45, 7) is 1.58. The van der Waals surface area contributed by atoms with Gasteiger partial charge in [0.05, 0.1) is 21.8 Å². The van der Waals surface area contributed by atoms with Gasteiger partial charge in [-0.15, -0.1) is 0 Å². The molecule has 0 saturated carbocycles. The smallest absolute Gasteiger partial charge is 0.258 e. The van der Waals surface area contributed by atoms with Crippen LogP contribution in [0, 0.1) is 22.9 Å². The first-order valence-electron chi connectivity index (χ1n) is 6.23. The molecule has 0 spiro atoms. The van der Waals surface area contributed by atoms with E-state index in [0.29, 0.717) is 28.0 Å². The van der Waals surface area contributed by atoms with Crippen molar-refractivity contribution in [2.75, 3.05) is 0 Å². The van der Waals surface area contributed by atoms with Crippen LogP contribution in [0.1, 0.15) is 5.69 Å². The highest BCUT2D eigenvalue weighted by Crippen LogP contribution is 2.23. The number of aromatic nitrogens is 2. The molecule has 0 amide bonds. The molecule has 2 aromatic heterocycles. The molecule has 0 unspecified atom stereocenters. The van der Waals surface area contributed by atoms with Gasteiger partial charge in [0, 0.05) is 11.5 Å². The monoisotopic (exact) mass is 283 g/mol. The lowest BCUT2D eigenvalue weighted by molar-refractivity contribution is -0.385. The number of nitro groups is 1. The van der Waals surface area contributed by atoms with E-state index < -0.39 is 4.92 Å². The van der Waals surface area contributed by atoms with Crippen LogP contribution in [0.2, 0.25) is 0 Å². The molecule has 3 rings (SSSR count). The third-order valence-electron chi connectivity index (χ3n) is 3.17. The summed E-state index contributed by atoms with van der Waals surface area (Å²) in [5.74, 6) is -0.318. The Morgan fingerprint density at radius 1 is 1.05 bits per heavy atom. The zero-order valence-corrected chi connectivity index (χ0v) is 11.1. The Balaban J connectivity index is 2.10. The highest BCUT2D eigenvalue weighted by molar-refractivity contribution is 5.81. The standard InChI is InChI=1S/C15H10FN3O2/c1-9-15(19(20)21)7-6-13(17-9)14-4-2-10-8-11(16)3-5-12(10)18-14/h2-8H,1H3. The molecule has 104 valence electrons. The molecule has 0 bridgehead atoms. The van der Waals surface area contributed by atoms with E-state index >= 15 is 0 Å². The molecule has 0 radical (unpaired) electrons. The number of aryl methyl sites for hydroxylation is 1. The maximum Gasteiger partial charge on any atom is 0.290 e. The van der Waals surface area contributed by atoms with E-state index in [1.807, 2.05) is 0 Å². The lowest BCUT2D eigenvalue weighted by atomic mass is 10.1. The van der Waals surface area contributed by atoms with Crippen molar-refractivity contribution in [3.63, 3.8) is 0 Å². The average molecular weight is 283 g/mol. The molecule has 0 aliphatic rings. The lowest BCUT2D eigenvalue weighted by Crippen LogP contribution is -1.96.